The summed E-state index contributed by atoms with van der Waals surface area (Å²) in [5.41, 5.74) is 8.28. The lowest BCUT2D eigenvalue weighted by Gasteiger charge is -2.08. The zero-order chi connectivity index (χ0) is 13.8. The molecule has 2 rings (SSSR count). The third-order valence-electron chi connectivity index (χ3n) is 2.89. The lowest BCUT2D eigenvalue weighted by molar-refractivity contribution is 0.0921. The summed E-state index contributed by atoms with van der Waals surface area (Å²) in [6.45, 7) is 4.34. The van der Waals surface area contributed by atoms with Gasteiger partial charge in [-0.05, 0) is 18.1 Å². The Morgan fingerprint density at radius 2 is 2.00 bits per heavy atom. The van der Waals surface area contributed by atoms with Crippen LogP contribution < -0.4 is 11.1 Å². The molecule has 0 aliphatic rings. The molecule has 0 spiro atoms. The van der Waals surface area contributed by atoms with Crippen LogP contribution in [-0.2, 0) is 13.1 Å². The van der Waals surface area contributed by atoms with Crippen molar-refractivity contribution in [2.45, 2.75) is 26.9 Å². The minimum Gasteiger partial charge on any atom is -0.436 e. The molecule has 19 heavy (non-hydrogen) atoms. The van der Waals surface area contributed by atoms with Gasteiger partial charge in [-0.25, -0.2) is 4.98 Å². The zero-order valence-electron chi connectivity index (χ0n) is 11.1. The first kappa shape index (κ1) is 13.3. The van der Waals surface area contributed by atoms with Gasteiger partial charge in [0.15, 0.2) is 5.89 Å². The van der Waals surface area contributed by atoms with E-state index in [2.05, 4.69) is 10.3 Å². The maximum Gasteiger partial charge on any atom is 0.289 e. The van der Waals surface area contributed by atoms with E-state index in [1.54, 1.807) is 13.8 Å². The van der Waals surface area contributed by atoms with E-state index in [-0.39, 0.29) is 11.7 Å². The van der Waals surface area contributed by atoms with Gasteiger partial charge in [-0.1, -0.05) is 24.3 Å². The van der Waals surface area contributed by atoms with Gasteiger partial charge in [-0.3, -0.25) is 4.79 Å². The SMILES string of the molecule is Cc1nc(C)c(C(=O)NCc2ccccc2CN)o1. The van der Waals surface area contributed by atoms with Crippen molar-refractivity contribution in [2.75, 3.05) is 0 Å². The number of carbonyl (C=O) groups excluding carboxylic acids is 1. The molecule has 1 aromatic carbocycles. The van der Waals surface area contributed by atoms with Crippen molar-refractivity contribution in [3.63, 3.8) is 0 Å². The van der Waals surface area contributed by atoms with E-state index >= 15 is 0 Å². The number of hydrogen-bond donors (Lipinski definition) is 2. The minimum absolute atomic E-state index is 0.259. The van der Waals surface area contributed by atoms with E-state index in [1.165, 1.54) is 0 Å². The number of nitrogens with zero attached hydrogens (tertiary/aromatic N) is 1. The summed E-state index contributed by atoms with van der Waals surface area (Å²) in [5.74, 6) is 0.498. The van der Waals surface area contributed by atoms with Crippen molar-refractivity contribution in [3.8, 4) is 0 Å². The van der Waals surface area contributed by atoms with Crippen LogP contribution in [0.5, 0.6) is 0 Å². The highest BCUT2D eigenvalue weighted by Gasteiger charge is 2.15. The predicted molar refractivity (Wildman–Crippen MR) is 71.5 cm³/mol. The number of aryl methyl sites for hydroxylation is 2. The van der Waals surface area contributed by atoms with Crippen molar-refractivity contribution < 1.29 is 9.21 Å². The summed E-state index contributed by atoms with van der Waals surface area (Å²) >= 11 is 0. The third kappa shape index (κ3) is 3.00. The lowest BCUT2D eigenvalue weighted by Crippen LogP contribution is -2.24. The van der Waals surface area contributed by atoms with Gasteiger partial charge >= 0.3 is 0 Å². The van der Waals surface area contributed by atoms with Gasteiger partial charge in [-0.2, -0.15) is 0 Å². The number of aromatic nitrogens is 1. The molecule has 3 N–H and O–H groups in total. The summed E-state index contributed by atoms with van der Waals surface area (Å²) in [4.78, 5) is 16.0. The summed E-state index contributed by atoms with van der Waals surface area (Å²) in [5, 5.41) is 2.82. The Hall–Kier alpha value is -2.14. The van der Waals surface area contributed by atoms with E-state index in [4.69, 9.17) is 10.2 Å². The minimum atomic E-state index is -0.259. The standard InChI is InChI=1S/C14H17N3O2/c1-9-13(19-10(2)17-9)14(18)16-8-12-6-4-3-5-11(12)7-15/h3-6H,7-8,15H2,1-2H3,(H,16,18). The molecule has 0 saturated carbocycles. The van der Waals surface area contributed by atoms with Gasteiger partial charge in [0.05, 0.1) is 5.69 Å². The van der Waals surface area contributed by atoms with Crippen LogP contribution in [-0.4, -0.2) is 10.9 Å². The van der Waals surface area contributed by atoms with Crippen molar-refractivity contribution in [3.05, 3.63) is 52.7 Å². The van der Waals surface area contributed by atoms with Crippen LogP contribution in [0, 0.1) is 13.8 Å². The Kier molecular flexibility index (Phi) is 3.97. The first-order valence-corrected chi connectivity index (χ1v) is 6.11. The molecular weight excluding hydrogens is 242 g/mol. The monoisotopic (exact) mass is 259 g/mol. The molecule has 0 radical (unpaired) electrons. The van der Waals surface area contributed by atoms with E-state index in [9.17, 15) is 4.79 Å². The molecule has 5 heteroatoms. The van der Waals surface area contributed by atoms with Crippen LogP contribution in [0.3, 0.4) is 0 Å². The molecule has 1 aromatic heterocycles. The second kappa shape index (κ2) is 5.67. The van der Waals surface area contributed by atoms with Crippen molar-refractivity contribution in [1.29, 1.82) is 0 Å². The van der Waals surface area contributed by atoms with Gasteiger partial charge in [0.2, 0.25) is 5.76 Å². The maximum atomic E-state index is 12.0. The average Bonchev–Trinajstić information content (AvgIpc) is 2.75. The van der Waals surface area contributed by atoms with E-state index in [0.29, 0.717) is 24.7 Å². The quantitative estimate of drug-likeness (QED) is 0.875. The van der Waals surface area contributed by atoms with Crippen LogP contribution in [0.25, 0.3) is 0 Å². The van der Waals surface area contributed by atoms with Crippen LogP contribution >= 0.6 is 0 Å². The Labute approximate surface area is 111 Å². The van der Waals surface area contributed by atoms with Crippen LogP contribution in [0.2, 0.25) is 0 Å². The lowest BCUT2D eigenvalue weighted by atomic mass is 10.1. The van der Waals surface area contributed by atoms with Crippen molar-refractivity contribution in [1.82, 2.24) is 10.3 Å². The molecule has 5 nitrogen and oxygen atoms in total. The second-order valence-electron chi connectivity index (χ2n) is 4.30. The van der Waals surface area contributed by atoms with Gasteiger partial charge in [0.1, 0.15) is 0 Å². The van der Waals surface area contributed by atoms with Gasteiger partial charge in [0.25, 0.3) is 5.91 Å². The van der Waals surface area contributed by atoms with Gasteiger partial charge < -0.3 is 15.5 Å². The number of amides is 1. The number of oxazole rings is 1. The molecular formula is C14H17N3O2. The Morgan fingerprint density at radius 3 is 2.58 bits per heavy atom. The number of benzene rings is 1. The van der Waals surface area contributed by atoms with Crippen molar-refractivity contribution >= 4 is 5.91 Å². The Morgan fingerprint density at radius 1 is 1.32 bits per heavy atom. The van der Waals surface area contributed by atoms with E-state index in [0.717, 1.165) is 11.1 Å². The molecule has 0 saturated heterocycles. The fourth-order valence-electron chi connectivity index (χ4n) is 1.93. The molecule has 1 amide bonds. The highest BCUT2D eigenvalue weighted by atomic mass is 16.4. The number of nitrogens with one attached hydrogen (secondary N) is 1. The van der Waals surface area contributed by atoms with Crippen molar-refractivity contribution in [2.24, 2.45) is 5.73 Å². The number of rotatable bonds is 4. The Bertz CT molecular complexity index is 590. The molecule has 0 atom stereocenters. The smallest absolute Gasteiger partial charge is 0.289 e. The van der Waals surface area contributed by atoms with Crippen LogP contribution in [0.15, 0.2) is 28.7 Å². The molecule has 0 aliphatic heterocycles. The molecule has 2 aromatic rings. The fourth-order valence-corrected chi connectivity index (χ4v) is 1.93. The van der Waals surface area contributed by atoms with Gasteiger partial charge in [-0.15, -0.1) is 0 Å². The summed E-state index contributed by atoms with van der Waals surface area (Å²) < 4.78 is 5.27. The predicted octanol–water partition coefficient (Wildman–Crippen LogP) is 1.68. The summed E-state index contributed by atoms with van der Waals surface area (Å²) in [6, 6.07) is 7.74. The average molecular weight is 259 g/mol. The van der Waals surface area contributed by atoms with Crippen LogP contribution in [0.1, 0.15) is 33.3 Å². The normalized spacial score (nSPS) is 10.5. The number of nitrogens with two attached hydrogens (primary N) is 1. The fraction of sp³-hybridized carbons (Fsp3) is 0.286. The highest BCUT2D eigenvalue weighted by Crippen LogP contribution is 2.11. The third-order valence-corrected chi connectivity index (χ3v) is 2.89. The number of carbonyl (C=O) groups is 1. The van der Waals surface area contributed by atoms with Crippen LogP contribution in [0.4, 0.5) is 0 Å². The van der Waals surface area contributed by atoms with Gasteiger partial charge in [0, 0.05) is 20.0 Å². The Balaban J connectivity index is 2.06. The summed E-state index contributed by atoms with van der Waals surface area (Å²) in [6.07, 6.45) is 0. The largest absolute Gasteiger partial charge is 0.436 e. The zero-order valence-corrected chi connectivity index (χ0v) is 11.1. The molecule has 0 unspecified atom stereocenters. The summed E-state index contributed by atoms with van der Waals surface area (Å²) in [7, 11) is 0. The molecule has 0 bridgehead atoms. The maximum absolute atomic E-state index is 12.0. The molecule has 1 heterocycles. The molecule has 0 fully saturated rings. The topological polar surface area (TPSA) is 81.2 Å². The second-order valence-corrected chi connectivity index (χ2v) is 4.30. The molecule has 0 aliphatic carbocycles. The number of hydrogen-bond acceptors (Lipinski definition) is 4. The molecule has 100 valence electrons. The highest BCUT2D eigenvalue weighted by molar-refractivity contribution is 5.92. The first-order valence-electron chi connectivity index (χ1n) is 6.11. The first-order chi connectivity index (χ1) is 9.11. The van der Waals surface area contributed by atoms with E-state index in [1.807, 2.05) is 24.3 Å². The van der Waals surface area contributed by atoms with E-state index < -0.39 is 0 Å².